The highest BCUT2D eigenvalue weighted by molar-refractivity contribution is 7.98. The van der Waals surface area contributed by atoms with Crippen LogP contribution in [0.2, 0.25) is 0 Å². The predicted octanol–water partition coefficient (Wildman–Crippen LogP) is 4.13. The number of hydrogen-bond acceptors (Lipinski definition) is 4. The smallest absolute Gasteiger partial charge is 0.192 e. The van der Waals surface area contributed by atoms with Crippen molar-refractivity contribution in [3.05, 3.63) is 72.6 Å². The van der Waals surface area contributed by atoms with Gasteiger partial charge in [-0.25, -0.2) is 0 Å². The quantitative estimate of drug-likeness (QED) is 0.505. The molecule has 0 amide bonds. The fraction of sp³-hybridized carbons (Fsp3) is 0.167. The molecule has 0 radical (unpaired) electrons. The maximum absolute atomic E-state index is 4.36. The molecule has 0 saturated heterocycles. The fourth-order valence-corrected chi connectivity index (χ4v) is 3.34. The predicted molar refractivity (Wildman–Crippen MR) is 94.2 cm³/mol. The summed E-state index contributed by atoms with van der Waals surface area (Å²) in [7, 11) is 0. The molecule has 0 bridgehead atoms. The number of aromatic nitrogens is 4. The minimum absolute atomic E-state index is 0.674. The van der Waals surface area contributed by atoms with E-state index in [1.54, 1.807) is 24.2 Å². The van der Waals surface area contributed by atoms with Gasteiger partial charge in [0.15, 0.2) is 11.0 Å². The Hall–Kier alpha value is -2.40. The number of rotatable bonds is 6. The van der Waals surface area contributed by atoms with Crippen molar-refractivity contribution in [2.24, 2.45) is 0 Å². The zero-order valence-corrected chi connectivity index (χ0v) is 13.8. The van der Waals surface area contributed by atoms with Gasteiger partial charge in [0.1, 0.15) is 0 Å². The molecule has 3 aromatic rings. The van der Waals surface area contributed by atoms with Crippen LogP contribution in [0.5, 0.6) is 0 Å². The lowest BCUT2D eigenvalue weighted by Gasteiger charge is -2.08. The normalized spacial score (nSPS) is 10.7. The molecule has 0 N–H and O–H groups in total. The summed E-state index contributed by atoms with van der Waals surface area (Å²) >= 11 is 1.69. The molecule has 0 aliphatic carbocycles. The molecule has 0 fully saturated rings. The lowest BCUT2D eigenvalue weighted by molar-refractivity contribution is 0.731. The largest absolute Gasteiger partial charge is 0.298 e. The first-order chi connectivity index (χ1) is 11.3. The van der Waals surface area contributed by atoms with Crippen molar-refractivity contribution in [3.63, 3.8) is 0 Å². The molecule has 2 aromatic heterocycles. The van der Waals surface area contributed by atoms with Gasteiger partial charge in [0.25, 0.3) is 0 Å². The summed E-state index contributed by atoms with van der Waals surface area (Å²) < 4.78 is 2.08. The second-order valence-electron chi connectivity index (χ2n) is 5.16. The third-order valence-electron chi connectivity index (χ3n) is 3.57. The molecule has 0 atom stereocenters. The highest BCUT2D eigenvalue weighted by Crippen LogP contribution is 2.26. The molecule has 0 aliphatic heterocycles. The molecular formula is C18H18N4S. The van der Waals surface area contributed by atoms with Crippen LogP contribution < -0.4 is 0 Å². The summed E-state index contributed by atoms with van der Waals surface area (Å²) in [5, 5.41) is 9.60. The molecule has 0 spiro atoms. The molecule has 0 unspecified atom stereocenters. The molecule has 0 saturated carbocycles. The van der Waals surface area contributed by atoms with Gasteiger partial charge in [0, 0.05) is 30.3 Å². The van der Waals surface area contributed by atoms with E-state index in [1.165, 1.54) is 11.1 Å². The second kappa shape index (κ2) is 7.24. The van der Waals surface area contributed by atoms with E-state index in [4.69, 9.17) is 0 Å². The molecule has 3 rings (SSSR count). The zero-order chi connectivity index (χ0) is 16.1. The van der Waals surface area contributed by atoms with Gasteiger partial charge < -0.3 is 0 Å². The zero-order valence-electron chi connectivity index (χ0n) is 13.0. The topological polar surface area (TPSA) is 43.6 Å². The molecular weight excluding hydrogens is 304 g/mol. The van der Waals surface area contributed by atoms with E-state index in [0.29, 0.717) is 6.54 Å². The number of allylic oxidation sites excluding steroid dienone is 1. The van der Waals surface area contributed by atoms with Crippen LogP contribution in [-0.4, -0.2) is 19.7 Å². The van der Waals surface area contributed by atoms with Crippen LogP contribution in [0.4, 0.5) is 0 Å². The van der Waals surface area contributed by atoms with Crippen molar-refractivity contribution in [1.29, 1.82) is 0 Å². The van der Waals surface area contributed by atoms with E-state index < -0.39 is 0 Å². The van der Waals surface area contributed by atoms with E-state index in [9.17, 15) is 0 Å². The highest BCUT2D eigenvalue weighted by atomic mass is 32.2. The summed E-state index contributed by atoms with van der Waals surface area (Å²) in [6.45, 7) is 6.65. The fourth-order valence-electron chi connectivity index (χ4n) is 2.31. The Morgan fingerprint density at radius 1 is 1.17 bits per heavy atom. The molecule has 4 nitrogen and oxygen atoms in total. The maximum Gasteiger partial charge on any atom is 0.192 e. The van der Waals surface area contributed by atoms with Crippen LogP contribution in [-0.2, 0) is 12.3 Å². The van der Waals surface area contributed by atoms with Crippen LogP contribution in [0.25, 0.3) is 11.4 Å². The Kier molecular flexibility index (Phi) is 4.88. The first-order valence-electron chi connectivity index (χ1n) is 7.41. The molecule has 0 aliphatic rings. The van der Waals surface area contributed by atoms with E-state index in [-0.39, 0.29) is 0 Å². The Morgan fingerprint density at radius 2 is 2.04 bits per heavy atom. The van der Waals surface area contributed by atoms with E-state index in [0.717, 1.165) is 22.3 Å². The minimum atomic E-state index is 0.674. The van der Waals surface area contributed by atoms with Crippen molar-refractivity contribution in [3.8, 4) is 11.4 Å². The molecule has 2 heterocycles. The van der Waals surface area contributed by atoms with E-state index in [2.05, 4.69) is 57.5 Å². The third kappa shape index (κ3) is 3.51. The van der Waals surface area contributed by atoms with Gasteiger partial charge in [-0.2, -0.15) is 0 Å². The van der Waals surface area contributed by atoms with Crippen LogP contribution in [0, 0.1) is 6.92 Å². The molecule has 1 aromatic carbocycles. The number of aryl methyl sites for hydroxylation is 1. The Balaban J connectivity index is 1.86. The van der Waals surface area contributed by atoms with Gasteiger partial charge in [-0.3, -0.25) is 9.55 Å². The number of thioether (sulfide) groups is 1. The van der Waals surface area contributed by atoms with Gasteiger partial charge in [-0.1, -0.05) is 42.1 Å². The summed E-state index contributed by atoms with van der Waals surface area (Å²) in [4.78, 5) is 4.16. The van der Waals surface area contributed by atoms with Gasteiger partial charge in [-0.15, -0.1) is 16.8 Å². The summed E-state index contributed by atoms with van der Waals surface area (Å²) in [6, 6.07) is 12.3. The van der Waals surface area contributed by atoms with Crippen LogP contribution in [0.15, 0.2) is 66.6 Å². The summed E-state index contributed by atoms with van der Waals surface area (Å²) in [5.74, 6) is 1.69. The minimum Gasteiger partial charge on any atom is -0.298 e. The van der Waals surface area contributed by atoms with Crippen molar-refractivity contribution < 1.29 is 0 Å². The lowest BCUT2D eigenvalue weighted by atomic mass is 10.1. The van der Waals surface area contributed by atoms with Gasteiger partial charge in [-0.05, 0) is 30.2 Å². The summed E-state index contributed by atoms with van der Waals surface area (Å²) in [6.07, 6.45) is 5.42. The monoisotopic (exact) mass is 322 g/mol. The number of nitrogens with zero attached hydrogens (tertiary/aromatic N) is 4. The van der Waals surface area contributed by atoms with Crippen molar-refractivity contribution in [1.82, 2.24) is 19.7 Å². The van der Waals surface area contributed by atoms with Crippen molar-refractivity contribution in [2.75, 3.05) is 0 Å². The van der Waals surface area contributed by atoms with Crippen LogP contribution in [0.3, 0.4) is 0 Å². The third-order valence-corrected chi connectivity index (χ3v) is 4.58. The second-order valence-corrected chi connectivity index (χ2v) is 6.10. The number of hydrogen-bond donors (Lipinski definition) is 0. The average molecular weight is 322 g/mol. The van der Waals surface area contributed by atoms with Gasteiger partial charge >= 0.3 is 0 Å². The molecule has 23 heavy (non-hydrogen) atoms. The van der Waals surface area contributed by atoms with Crippen LogP contribution in [0.1, 0.15) is 11.1 Å². The highest BCUT2D eigenvalue weighted by Gasteiger charge is 2.13. The Bertz CT molecular complexity index is 796. The number of pyridine rings is 1. The average Bonchev–Trinajstić information content (AvgIpc) is 2.98. The van der Waals surface area contributed by atoms with Gasteiger partial charge in [0.05, 0.1) is 0 Å². The standard InChI is InChI=1S/C18H18N4S/c1-3-11-22-17(15-9-6-10-19-12-15)20-21-18(22)23-13-16-8-5-4-7-14(16)2/h3-10,12H,1,11,13H2,2H3. The SMILES string of the molecule is C=CCn1c(SCc2ccccc2C)nnc1-c1cccnc1. The van der Waals surface area contributed by atoms with E-state index in [1.807, 2.05) is 18.2 Å². The summed E-state index contributed by atoms with van der Waals surface area (Å²) in [5.41, 5.74) is 3.57. The van der Waals surface area contributed by atoms with Gasteiger partial charge in [0.2, 0.25) is 0 Å². The first-order valence-corrected chi connectivity index (χ1v) is 8.40. The molecule has 5 heteroatoms. The van der Waals surface area contributed by atoms with Crippen molar-refractivity contribution in [2.45, 2.75) is 24.4 Å². The Morgan fingerprint density at radius 3 is 2.78 bits per heavy atom. The first kappa shape index (κ1) is 15.5. The number of benzene rings is 1. The lowest BCUT2D eigenvalue weighted by Crippen LogP contribution is -2.01. The van der Waals surface area contributed by atoms with Crippen molar-refractivity contribution >= 4 is 11.8 Å². The maximum atomic E-state index is 4.36. The van der Waals surface area contributed by atoms with E-state index >= 15 is 0 Å². The van der Waals surface area contributed by atoms with Crippen LogP contribution >= 0.6 is 11.8 Å². The Labute approximate surface area is 140 Å². The molecule has 116 valence electrons.